The summed E-state index contributed by atoms with van der Waals surface area (Å²) in [6.45, 7) is 5.98. The second-order valence-corrected chi connectivity index (χ2v) is 5.97. The highest BCUT2D eigenvalue weighted by molar-refractivity contribution is 5.92. The van der Waals surface area contributed by atoms with Gasteiger partial charge < -0.3 is 21.1 Å². The predicted octanol–water partition coefficient (Wildman–Crippen LogP) is 2.03. The Bertz CT molecular complexity index is 509. The lowest BCUT2D eigenvalue weighted by atomic mass is 9.87. The average Bonchev–Trinajstić information content (AvgIpc) is 2.35. The lowest BCUT2D eigenvalue weighted by Gasteiger charge is -2.27. The van der Waals surface area contributed by atoms with E-state index < -0.39 is 23.5 Å². The van der Waals surface area contributed by atoms with Crippen LogP contribution in [0, 0.1) is 5.41 Å². The Morgan fingerprint density at radius 2 is 1.95 bits per heavy atom. The van der Waals surface area contributed by atoms with Crippen LogP contribution in [0.15, 0.2) is 24.3 Å². The van der Waals surface area contributed by atoms with E-state index in [1.165, 1.54) is 0 Å². The van der Waals surface area contributed by atoms with Gasteiger partial charge >= 0.3 is 12.0 Å². The molecule has 6 nitrogen and oxygen atoms in total. The highest BCUT2D eigenvalue weighted by Gasteiger charge is 2.32. The summed E-state index contributed by atoms with van der Waals surface area (Å²) in [5.41, 5.74) is 1.08. The van der Waals surface area contributed by atoms with Crippen molar-refractivity contribution in [1.29, 1.82) is 0 Å². The van der Waals surface area contributed by atoms with Gasteiger partial charge in [-0.3, -0.25) is 0 Å². The molecule has 0 spiro atoms. The molecule has 0 saturated carbocycles. The van der Waals surface area contributed by atoms with E-state index in [-0.39, 0.29) is 0 Å². The van der Waals surface area contributed by atoms with Crippen molar-refractivity contribution in [1.82, 2.24) is 10.6 Å². The van der Waals surface area contributed by atoms with E-state index in [0.717, 1.165) is 5.56 Å². The zero-order chi connectivity index (χ0) is 16.0. The first-order valence-corrected chi connectivity index (χ1v) is 6.78. The Kier molecular flexibility index (Phi) is 5.72. The zero-order valence-electron chi connectivity index (χ0n) is 12.9. The third kappa shape index (κ3) is 5.43. The van der Waals surface area contributed by atoms with Gasteiger partial charge in [0.05, 0.1) is 0 Å². The number of carboxylic acid groups (broad SMARTS) is 1. The number of benzene rings is 1. The van der Waals surface area contributed by atoms with Crippen molar-refractivity contribution < 1.29 is 14.7 Å². The zero-order valence-corrected chi connectivity index (χ0v) is 12.9. The number of carboxylic acids is 1. The maximum absolute atomic E-state index is 11.9. The first-order chi connectivity index (χ1) is 9.74. The number of urea groups is 1. The van der Waals surface area contributed by atoms with E-state index in [1.807, 2.05) is 25.2 Å². The highest BCUT2D eigenvalue weighted by atomic mass is 16.4. The number of carbonyl (C=O) groups excluding carboxylic acids is 1. The van der Waals surface area contributed by atoms with Crippen LogP contribution in [0.1, 0.15) is 26.3 Å². The van der Waals surface area contributed by atoms with Crippen molar-refractivity contribution in [3.05, 3.63) is 29.8 Å². The van der Waals surface area contributed by atoms with E-state index in [4.69, 9.17) is 0 Å². The molecule has 1 aromatic rings. The molecular weight excluding hydrogens is 270 g/mol. The Morgan fingerprint density at radius 3 is 2.48 bits per heavy atom. The molecule has 0 saturated heterocycles. The van der Waals surface area contributed by atoms with Crippen LogP contribution in [0.3, 0.4) is 0 Å². The number of nitrogens with one attached hydrogen (secondary N) is 3. The summed E-state index contributed by atoms with van der Waals surface area (Å²) in [6, 6.07) is 5.88. The van der Waals surface area contributed by atoms with Crippen LogP contribution in [-0.2, 0) is 11.3 Å². The molecule has 0 aliphatic heterocycles. The number of rotatable bonds is 5. The second-order valence-electron chi connectivity index (χ2n) is 5.97. The van der Waals surface area contributed by atoms with E-state index >= 15 is 0 Å². The van der Waals surface area contributed by atoms with Crippen molar-refractivity contribution >= 4 is 17.7 Å². The van der Waals surface area contributed by atoms with Crippen LogP contribution in [-0.4, -0.2) is 30.2 Å². The first-order valence-electron chi connectivity index (χ1n) is 6.78. The average molecular weight is 293 g/mol. The van der Waals surface area contributed by atoms with Crippen LogP contribution in [0.5, 0.6) is 0 Å². The van der Waals surface area contributed by atoms with E-state index in [1.54, 1.807) is 26.8 Å². The number of amides is 2. The lowest BCUT2D eigenvalue weighted by Crippen LogP contribution is -2.50. The van der Waals surface area contributed by atoms with Gasteiger partial charge in [-0.25, -0.2) is 9.59 Å². The fourth-order valence-corrected chi connectivity index (χ4v) is 1.91. The third-order valence-electron chi connectivity index (χ3n) is 2.95. The van der Waals surface area contributed by atoms with Gasteiger partial charge in [-0.1, -0.05) is 32.9 Å². The van der Waals surface area contributed by atoms with Crippen LogP contribution in [0.4, 0.5) is 10.5 Å². The molecule has 0 aliphatic carbocycles. The summed E-state index contributed by atoms with van der Waals surface area (Å²) in [5.74, 6) is -1.05. The standard InChI is InChI=1S/C15H23N3O3/c1-15(2,3)12(13(19)20)18-14(21)17-11-7-5-6-10(8-11)9-16-4/h5-8,12,16H,9H2,1-4H3,(H,19,20)(H2,17,18,21). The number of hydrogen-bond acceptors (Lipinski definition) is 3. The number of hydrogen-bond donors (Lipinski definition) is 4. The van der Waals surface area contributed by atoms with Gasteiger partial charge in [0.2, 0.25) is 0 Å². The maximum Gasteiger partial charge on any atom is 0.326 e. The third-order valence-corrected chi connectivity index (χ3v) is 2.95. The van der Waals surface area contributed by atoms with Crippen LogP contribution < -0.4 is 16.0 Å². The van der Waals surface area contributed by atoms with Gasteiger partial charge in [-0.05, 0) is 30.2 Å². The molecule has 1 atom stereocenters. The second kappa shape index (κ2) is 7.08. The topological polar surface area (TPSA) is 90.5 Å². The largest absolute Gasteiger partial charge is 0.480 e. The maximum atomic E-state index is 11.9. The van der Waals surface area contributed by atoms with Crippen LogP contribution in [0.25, 0.3) is 0 Å². The van der Waals surface area contributed by atoms with Gasteiger partial charge in [-0.15, -0.1) is 0 Å². The predicted molar refractivity (Wildman–Crippen MR) is 82.2 cm³/mol. The molecule has 0 fully saturated rings. The fourth-order valence-electron chi connectivity index (χ4n) is 1.91. The Labute approximate surface area is 124 Å². The minimum Gasteiger partial charge on any atom is -0.480 e. The van der Waals surface area contributed by atoms with E-state index in [2.05, 4.69) is 16.0 Å². The molecule has 1 unspecified atom stereocenters. The van der Waals surface area contributed by atoms with Crippen LogP contribution >= 0.6 is 0 Å². The summed E-state index contributed by atoms with van der Waals surface area (Å²) in [5, 5.41) is 17.4. The summed E-state index contributed by atoms with van der Waals surface area (Å²) < 4.78 is 0. The minimum atomic E-state index is -1.05. The van der Waals surface area contributed by atoms with Gasteiger partial charge in [-0.2, -0.15) is 0 Å². The molecule has 21 heavy (non-hydrogen) atoms. The molecular formula is C15H23N3O3. The Morgan fingerprint density at radius 1 is 1.29 bits per heavy atom. The molecule has 0 aliphatic rings. The van der Waals surface area contributed by atoms with Crippen molar-refractivity contribution in [2.45, 2.75) is 33.4 Å². The smallest absolute Gasteiger partial charge is 0.326 e. The van der Waals surface area contributed by atoms with Crippen molar-refractivity contribution in [2.75, 3.05) is 12.4 Å². The SMILES string of the molecule is CNCc1cccc(NC(=O)NC(C(=O)O)C(C)(C)C)c1. The van der Waals surface area contributed by atoms with E-state index in [0.29, 0.717) is 12.2 Å². The number of aliphatic carboxylic acids is 1. The summed E-state index contributed by atoms with van der Waals surface area (Å²) in [6.07, 6.45) is 0. The van der Waals surface area contributed by atoms with Crippen molar-refractivity contribution in [3.8, 4) is 0 Å². The Hall–Kier alpha value is -2.08. The lowest BCUT2D eigenvalue weighted by molar-refractivity contribution is -0.141. The molecule has 0 bridgehead atoms. The summed E-state index contributed by atoms with van der Waals surface area (Å²) in [4.78, 5) is 23.2. The van der Waals surface area contributed by atoms with E-state index in [9.17, 15) is 14.7 Å². The van der Waals surface area contributed by atoms with Gasteiger partial charge in [0, 0.05) is 12.2 Å². The van der Waals surface area contributed by atoms with Crippen molar-refractivity contribution in [2.24, 2.45) is 5.41 Å². The number of anilines is 1. The molecule has 116 valence electrons. The molecule has 0 aromatic heterocycles. The molecule has 2 amide bonds. The van der Waals surface area contributed by atoms with Crippen molar-refractivity contribution in [3.63, 3.8) is 0 Å². The molecule has 4 N–H and O–H groups in total. The van der Waals surface area contributed by atoms with Crippen LogP contribution in [0.2, 0.25) is 0 Å². The first kappa shape index (κ1) is 17.0. The molecule has 1 rings (SSSR count). The minimum absolute atomic E-state index is 0.529. The molecule has 0 radical (unpaired) electrons. The molecule has 0 heterocycles. The summed E-state index contributed by atoms with van der Waals surface area (Å²) in [7, 11) is 1.84. The monoisotopic (exact) mass is 293 g/mol. The molecule has 6 heteroatoms. The van der Waals surface area contributed by atoms with Gasteiger partial charge in [0.15, 0.2) is 0 Å². The fraction of sp³-hybridized carbons (Fsp3) is 0.467. The van der Waals surface area contributed by atoms with Gasteiger partial charge in [0.1, 0.15) is 6.04 Å². The molecule has 1 aromatic carbocycles. The van der Waals surface area contributed by atoms with Gasteiger partial charge in [0.25, 0.3) is 0 Å². The summed E-state index contributed by atoms with van der Waals surface area (Å²) >= 11 is 0. The number of carbonyl (C=O) groups is 2. The highest BCUT2D eigenvalue weighted by Crippen LogP contribution is 2.19. The Balaban J connectivity index is 2.72. The quantitative estimate of drug-likeness (QED) is 0.668. The normalized spacial score (nSPS) is 12.6.